The zero-order valence-electron chi connectivity index (χ0n) is 15.8. The van der Waals surface area contributed by atoms with Crippen molar-refractivity contribution in [1.29, 1.82) is 0 Å². The van der Waals surface area contributed by atoms with Crippen molar-refractivity contribution in [2.75, 3.05) is 57.3 Å². The van der Waals surface area contributed by atoms with Gasteiger partial charge in [-0.15, -0.1) is 0 Å². The number of piperazine rings is 1. The Morgan fingerprint density at radius 3 is 2.33 bits per heavy atom. The van der Waals surface area contributed by atoms with Crippen molar-refractivity contribution in [3.8, 4) is 11.5 Å². The fourth-order valence-electron chi connectivity index (χ4n) is 2.91. The number of ether oxygens (including phenoxy) is 2. The van der Waals surface area contributed by atoms with Crippen molar-refractivity contribution in [1.82, 2.24) is 10.2 Å². The van der Waals surface area contributed by atoms with Gasteiger partial charge in [0.1, 0.15) is 0 Å². The first-order chi connectivity index (χ1) is 13.2. The number of methoxy groups -OCH3 is 1. The summed E-state index contributed by atoms with van der Waals surface area (Å²) in [6.07, 6.45) is 0. The third-order valence-corrected chi connectivity index (χ3v) is 4.52. The van der Waals surface area contributed by atoms with Gasteiger partial charge in [0.15, 0.2) is 18.2 Å². The van der Waals surface area contributed by atoms with Gasteiger partial charge in [0, 0.05) is 37.6 Å². The van der Waals surface area contributed by atoms with Crippen LogP contribution in [0.5, 0.6) is 11.5 Å². The molecule has 1 fully saturated rings. The third-order valence-electron chi connectivity index (χ3n) is 4.52. The first-order valence-corrected chi connectivity index (χ1v) is 9.00. The highest BCUT2D eigenvalue weighted by molar-refractivity contribution is 5.89. The van der Waals surface area contributed by atoms with Crippen molar-refractivity contribution in [3.05, 3.63) is 48.5 Å². The number of rotatable bonds is 6. The minimum absolute atomic E-state index is 0.0472. The normalized spacial score (nSPS) is 14.5. The van der Waals surface area contributed by atoms with Gasteiger partial charge in [-0.25, -0.2) is 4.79 Å². The van der Waals surface area contributed by atoms with E-state index in [1.54, 1.807) is 19.2 Å². The SMILES string of the molecule is COc1ccccc1OCNC(=O)Nc1ccc(N2CCN(C)CC2)cc1. The van der Waals surface area contributed by atoms with Crippen molar-refractivity contribution in [2.24, 2.45) is 0 Å². The quantitative estimate of drug-likeness (QED) is 0.765. The van der Waals surface area contributed by atoms with E-state index < -0.39 is 0 Å². The van der Waals surface area contributed by atoms with Crippen LogP contribution in [0.15, 0.2) is 48.5 Å². The number of hydrogen-bond acceptors (Lipinski definition) is 5. The lowest BCUT2D eigenvalue weighted by atomic mass is 10.2. The van der Waals surface area contributed by atoms with Crippen molar-refractivity contribution < 1.29 is 14.3 Å². The molecule has 1 heterocycles. The number of urea groups is 1. The zero-order chi connectivity index (χ0) is 19.1. The summed E-state index contributed by atoms with van der Waals surface area (Å²) >= 11 is 0. The fourth-order valence-corrected chi connectivity index (χ4v) is 2.91. The highest BCUT2D eigenvalue weighted by Crippen LogP contribution is 2.25. The third kappa shape index (κ3) is 5.27. The van der Waals surface area contributed by atoms with Gasteiger partial charge in [0.2, 0.25) is 0 Å². The average Bonchev–Trinajstić information content (AvgIpc) is 2.69. The van der Waals surface area contributed by atoms with E-state index in [1.165, 1.54) is 5.69 Å². The molecule has 0 spiro atoms. The molecule has 0 aromatic heterocycles. The smallest absolute Gasteiger partial charge is 0.321 e. The minimum Gasteiger partial charge on any atom is -0.493 e. The summed E-state index contributed by atoms with van der Waals surface area (Å²) < 4.78 is 10.7. The van der Waals surface area contributed by atoms with Gasteiger partial charge in [-0.2, -0.15) is 0 Å². The predicted octanol–water partition coefficient (Wildman–Crippen LogP) is 2.61. The van der Waals surface area contributed by atoms with Crippen LogP contribution < -0.4 is 25.0 Å². The highest BCUT2D eigenvalue weighted by Gasteiger charge is 2.14. The van der Waals surface area contributed by atoms with E-state index in [4.69, 9.17) is 9.47 Å². The second-order valence-corrected chi connectivity index (χ2v) is 6.41. The summed E-state index contributed by atoms with van der Waals surface area (Å²) in [6, 6.07) is 14.9. The lowest BCUT2D eigenvalue weighted by molar-refractivity contribution is 0.231. The Morgan fingerprint density at radius 2 is 1.67 bits per heavy atom. The second-order valence-electron chi connectivity index (χ2n) is 6.41. The molecule has 1 aliphatic heterocycles. The predicted molar refractivity (Wildman–Crippen MR) is 107 cm³/mol. The summed E-state index contributed by atoms with van der Waals surface area (Å²) in [6.45, 7) is 4.21. The van der Waals surface area contributed by atoms with Gasteiger partial charge in [-0.1, -0.05) is 12.1 Å². The maximum Gasteiger partial charge on any atom is 0.321 e. The van der Waals surface area contributed by atoms with Crippen LogP contribution in [0.1, 0.15) is 0 Å². The molecule has 0 unspecified atom stereocenters. The Balaban J connectivity index is 1.45. The van der Waals surface area contributed by atoms with E-state index in [1.807, 2.05) is 36.4 Å². The molecule has 7 nitrogen and oxygen atoms in total. The molecule has 0 aliphatic carbocycles. The van der Waals surface area contributed by atoms with Gasteiger partial charge in [-0.05, 0) is 43.4 Å². The molecule has 2 aromatic carbocycles. The number of likely N-dealkylation sites (N-methyl/N-ethyl adjacent to an activating group) is 1. The van der Waals surface area contributed by atoms with Gasteiger partial charge in [0.25, 0.3) is 0 Å². The number of carbonyl (C=O) groups excluding carboxylic acids is 1. The summed E-state index contributed by atoms with van der Waals surface area (Å²) in [4.78, 5) is 16.7. The molecule has 1 aliphatic rings. The van der Waals surface area contributed by atoms with Crippen LogP contribution in [0.3, 0.4) is 0 Å². The van der Waals surface area contributed by atoms with Crippen LogP contribution in [0.2, 0.25) is 0 Å². The van der Waals surface area contributed by atoms with Crippen molar-refractivity contribution in [2.45, 2.75) is 0 Å². The Morgan fingerprint density at radius 1 is 1.00 bits per heavy atom. The Hall–Kier alpha value is -2.93. The molecule has 0 bridgehead atoms. The van der Waals surface area contributed by atoms with Crippen LogP contribution in [0.25, 0.3) is 0 Å². The molecule has 2 aromatic rings. The molecule has 144 valence electrons. The van der Waals surface area contributed by atoms with E-state index in [-0.39, 0.29) is 12.8 Å². The first kappa shape index (κ1) is 18.8. The summed E-state index contributed by atoms with van der Waals surface area (Å²) in [5, 5.41) is 5.48. The van der Waals surface area contributed by atoms with Crippen molar-refractivity contribution >= 4 is 17.4 Å². The minimum atomic E-state index is -0.322. The Kier molecular flexibility index (Phi) is 6.38. The van der Waals surface area contributed by atoms with Gasteiger partial charge >= 0.3 is 6.03 Å². The summed E-state index contributed by atoms with van der Waals surface area (Å²) in [7, 11) is 3.72. The second kappa shape index (κ2) is 9.14. The van der Waals surface area contributed by atoms with E-state index in [0.29, 0.717) is 11.5 Å². The van der Waals surface area contributed by atoms with Crippen LogP contribution in [0, 0.1) is 0 Å². The molecule has 0 saturated carbocycles. The number of anilines is 2. The van der Waals surface area contributed by atoms with Crippen LogP contribution in [-0.2, 0) is 0 Å². The Labute approximate surface area is 159 Å². The fraction of sp³-hybridized carbons (Fsp3) is 0.350. The van der Waals surface area contributed by atoms with E-state index >= 15 is 0 Å². The molecule has 2 N–H and O–H groups in total. The number of nitrogens with one attached hydrogen (secondary N) is 2. The molecule has 0 radical (unpaired) electrons. The lowest BCUT2D eigenvalue weighted by Gasteiger charge is -2.34. The highest BCUT2D eigenvalue weighted by atomic mass is 16.5. The van der Waals surface area contributed by atoms with Gasteiger partial charge in [0.05, 0.1) is 7.11 Å². The van der Waals surface area contributed by atoms with Crippen LogP contribution >= 0.6 is 0 Å². The Bertz CT molecular complexity index is 743. The monoisotopic (exact) mass is 370 g/mol. The van der Waals surface area contributed by atoms with Gasteiger partial charge in [-0.3, -0.25) is 0 Å². The zero-order valence-corrected chi connectivity index (χ0v) is 15.8. The number of carbonyl (C=O) groups is 1. The molecular weight excluding hydrogens is 344 g/mol. The molecular formula is C20H26N4O3. The number of hydrogen-bond donors (Lipinski definition) is 2. The standard InChI is InChI=1S/C20H26N4O3/c1-23-11-13-24(14-12-23)17-9-7-16(8-10-17)22-20(25)21-15-27-19-6-4-3-5-18(19)26-2/h3-10H,11-15H2,1-2H3,(H2,21,22,25). The molecule has 7 heteroatoms. The topological polar surface area (TPSA) is 66.1 Å². The van der Waals surface area contributed by atoms with Crippen molar-refractivity contribution in [3.63, 3.8) is 0 Å². The number of nitrogens with zero attached hydrogens (tertiary/aromatic N) is 2. The summed E-state index contributed by atoms with van der Waals surface area (Å²) in [5.74, 6) is 1.20. The van der Waals surface area contributed by atoms with E-state index in [0.717, 1.165) is 31.9 Å². The number of para-hydroxylation sites is 2. The maximum atomic E-state index is 12.0. The molecule has 2 amide bonds. The largest absolute Gasteiger partial charge is 0.493 e. The summed E-state index contributed by atoms with van der Waals surface area (Å²) in [5.41, 5.74) is 1.91. The lowest BCUT2D eigenvalue weighted by Crippen LogP contribution is -2.44. The van der Waals surface area contributed by atoms with Gasteiger partial charge < -0.3 is 29.9 Å². The number of amides is 2. The van der Waals surface area contributed by atoms with Crippen LogP contribution in [-0.4, -0.2) is 58.0 Å². The number of benzene rings is 2. The van der Waals surface area contributed by atoms with E-state index in [2.05, 4.69) is 27.5 Å². The first-order valence-electron chi connectivity index (χ1n) is 9.00. The maximum absolute atomic E-state index is 12.0. The average molecular weight is 370 g/mol. The molecule has 1 saturated heterocycles. The molecule has 27 heavy (non-hydrogen) atoms. The van der Waals surface area contributed by atoms with Crippen LogP contribution in [0.4, 0.5) is 16.2 Å². The molecule has 0 atom stereocenters. The molecule has 3 rings (SSSR count). The van der Waals surface area contributed by atoms with E-state index in [9.17, 15) is 4.79 Å².